The molecule has 2 aliphatic rings. The minimum Gasteiger partial charge on any atom is -0.0801 e. The van der Waals surface area contributed by atoms with E-state index in [0.717, 1.165) is 12.8 Å². The molecular weight excluding hydrogens is 252 g/mol. The number of benzene rings is 2. The molecule has 0 N–H and O–H groups in total. The Balaban J connectivity index is 2.28. The van der Waals surface area contributed by atoms with E-state index in [2.05, 4.69) is 63.3 Å². The van der Waals surface area contributed by atoms with Crippen LogP contribution in [0, 0.1) is 13.8 Å². The highest BCUT2D eigenvalue weighted by atomic mass is 14.2. The van der Waals surface area contributed by atoms with Crippen LogP contribution in [-0.2, 0) is 6.42 Å². The third-order valence-corrected chi connectivity index (χ3v) is 4.95. The second kappa shape index (κ2) is 4.46. The van der Waals surface area contributed by atoms with Gasteiger partial charge in [-0.25, -0.2) is 0 Å². The molecule has 0 nitrogen and oxygen atoms in total. The molecule has 21 heavy (non-hydrogen) atoms. The summed E-state index contributed by atoms with van der Waals surface area (Å²) < 4.78 is 0. The molecule has 0 atom stereocenters. The lowest BCUT2D eigenvalue weighted by Crippen LogP contribution is -2.25. The largest absolute Gasteiger partial charge is 0.0801 e. The molecule has 0 saturated carbocycles. The summed E-state index contributed by atoms with van der Waals surface area (Å²) >= 11 is 0. The van der Waals surface area contributed by atoms with Crippen LogP contribution in [0.5, 0.6) is 0 Å². The molecule has 104 valence electrons. The van der Waals surface area contributed by atoms with Gasteiger partial charge in [-0.15, -0.1) is 0 Å². The first kappa shape index (κ1) is 12.6. The average molecular weight is 272 g/mol. The van der Waals surface area contributed by atoms with Crippen molar-refractivity contribution in [1.29, 1.82) is 0 Å². The highest BCUT2D eigenvalue weighted by Gasteiger charge is 2.16. The van der Waals surface area contributed by atoms with Gasteiger partial charge in [0, 0.05) is 0 Å². The Morgan fingerprint density at radius 3 is 2.76 bits per heavy atom. The zero-order valence-electron chi connectivity index (χ0n) is 13.0. The molecule has 0 bridgehead atoms. The molecule has 0 radical (unpaired) electrons. The fourth-order valence-electron chi connectivity index (χ4n) is 3.88. The Labute approximate surface area is 125 Å². The summed E-state index contributed by atoms with van der Waals surface area (Å²) in [4.78, 5) is 0. The van der Waals surface area contributed by atoms with E-state index in [9.17, 15) is 0 Å². The lowest BCUT2D eigenvalue weighted by atomic mass is 9.93. The van der Waals surface area contributed by atoms with Crippen molar-refractivity contribution in [1.82, 2.24) is 0 Å². The summed E-state index contributed by atoms with van der Waals surface area (Å²) in [7, 11) is 0. The van der Waals surface area contributed by atoms with Crippen LogP contribution in [0.1, 0.15) is 30.0 Å². The number of rotatable bonds is 1. The SMILES string of the molecule is CCc1c(C)ccc2c(C)cc3c(c12)=CC1=CC=CCC=31. The van der Waals surface area contributed by atoms with E-state index in [1.54, 1.807) is 0 Å². The van der Waals surface area contributed by atoms with Gasteiger partial charge in [0.2, 0.25) is 0 Å². The van der Waals surface area contributed by atoms with Gasteiger partial charge in [0.1, 0.15) is 0 Å². The zero-order valence-corrected chi connectivity index (χ0v) is 13.0. The normalized spacial score (nSPS) is 15.8. The summed E-state index contributed by atoms with van der Waals surface area (Å²) in [5.41, 5.74) is 7.23. The van der Waals surface area contributed by atoms with E-state index in [1.807, 2.05) is 0 Å². The van der Waals surface area contributed by atoms with Crippen molar-refractivity contribution in [2.45, 2.75) is 33.6 Å². The van der Waals surface area contributed by atoms with E-state index in [-0.39, 0.29) is 0 Å². The van der Waals surface area contributed by atoms with E-state index >= 15 is 0 Å². The Morgan fingerprint density at radius 2 is 1.95 bits per heavy atom. The van der Waals surface area contributed by atoms with Crippen LogP contribution >= 0.6 is 0 Å². The number of fused-ring (bicyclic) bond motifs is 4. The topological polar surface area (TPSA) is 0 Å². The second-order valence-corrected chi connectivity index (χ2v) is 6.17. The molecule has 0 heteroatoms. The quantitative estimate of drug-likeness (QED) is 0.739. The molecule has 2 aromatic rings. The molecule has 0 aliphatic heterocycles. The Morgan fingerprint density at radius 1 is 1.10 bits per heavy atom. The first-order valence-corrected chi connectivity index (χ1v) is 7.84. The van der Waals surface area contributed by atoms with Gasteiger partial charge in [-0.2, -0.15) is 0 Å². The predicted molar refractivity (Wildman–Crippen MR) is 91.8 cm³/mol. The summed E-state index contributed by atoms with van der Waals surface area (Å²) in [6, 6.07) is 6.96. The lowest BCUT2D eigenvalue weighted by Gasteiger charge is -2.11. The van der Waals surface area contributed by atoms with Gasteiger partial charge in [0.15, 0.2) is 0 Å². The third-order valence-electron chi connectivity index (χ3n) is 4.95. The van der Waals surface area contributed by atoms with Gasteiger partial charge < -0.3 is 0 Å². The molecule has 2 aromatic carbocycles. The van der Waals surface area contributed by atoms with E-state index in [1.165, 1.54) is 49.0 Å². The number of hydrogen-bond acceptors (Lipinski definition) is 0. The highest BCUT2D eigenvalue weighted by Crippen LogP contribution is 2.27. The highest BCUT2D eigenvalue weighted by molar-refractivity contribution is 5.96. The summed E-state index contributed by atoms with van der Waals surface area (Å²) in [6.07, 6.45) is 11.3. The minimum atomic E-state index is 1.06. The van der Waals surface area contributed by atoms with Crippen molar-refractivity contribution in [3.05, 3.63) is 69.1 Å². The Bertz CT molecular complexity index is 950. The summed E-state index contributed by atoms with van der Waals surface area (Å²) in [5, 5.41) is 5.80. The monoisotopic (exact) mass is 272 g/mol. The van der Waals surface area contributed by atoms with Gasteiger partial charge in [-0.05, 0) is 81.8 Å². The van der Waals surface area contributed by atoms with Gasteiger partial charge in [-0.3, -0.25) is 0 Å². The van der Waals surface area contributed by atoms with Gasteiger partial charge in [0.25, 0.3) is 0 Å². The molecule has 0 fully saturated rings. The van der Waals surface area contributed by atoms with Crippen LogP contribution in [-0.4, -0.2) is 0 Å². The summed E-state index contributed by atoms with van der Waals surface area (Å²) in [5.74, 6) is 0. The zero-order chi connectivity index (χ0) is 14.6. The van der Waals surface area contributed by atoms with Gasteiger partial charge in [-0.1, -0.05) is 43.4 Å². The number of aryl methyl sites for hydroxylation is 3. The second-order valence-electron chi connectivity index (χ2n) is 6.17. The van der Waals surface area contributed by atoms with Crippen molar-refractivity contribution in [2.75, 3.05) is 0 Å². The smallest absolute Gasteiger partial charge is 0.00678 e. The maximum atomic E-state index is 2.40. The fraction of sp³-hybridized carbons (Fsp3) is 0.238. The van der Waals surface area contributed by atoms with Crippen molar-refractivity contribution >= 4 is 22.4 Å². The van der Waals surface area contributed by atoms with Crippen LogP contribution in [0.3, 0.4) is 0 Å². The summed E-state index contributed by atoms with van der Waals surface area (Å²) in [6.45, 7) is 6.76. The molecule has 0 spiro atoms. The van der Waals surface area contributed by atoms with E-state index in [4.69, 9.17) is 0 Å². The molecule has 0 heterocycles. The van der Waals surface area contributed by atoms with Gasteiger partial charge in [0.05, 0.1) is 0 Å². The molecular formula is C21H20. The third kappa shape index (κ3) is 1.68. The number of hydrogen-bond donors (Lipinski definition) is 0. The van der Waals surface area contributed by atoms with Crippen LogP contribution in [0.25, 0.3) is 22.4 Å². The molecule has 0 amide bonds. The van der Waals surface area contributed by atoms with Crippen molar-refractivity contribution in [3.63, 3.8) is 0 Å². The van der Waals surface area contributed by atoms with Crippen LogP contribution in [0.15, 0.2) is 42.0 Å². The molecule has 0 aromatic heterocycles. The maximum absolute atomic E-state index is 2.40. The maximum Gasteiger partial charge on any atom is -0.00678 e. The van der Waals surface area contributed by atoms with Crippen LogP contribution < -0.4 is 10.4 Å². The standard InChI is InChI=1S/C21H20/c1-4-16-13(2)9-10-17-14(3)11-19-18-8-6-5-7-15(18)12-20(19)21(16)17/h5-7,9-12H,4,8H2,1-3H3. The average Bonchev–Trinajstić information content (AvgIpc) is 2.86. The first-order valence-electron chi connectivity index (χ1n) is 7.84. The van der Waals surface area contributed by atoms with Crippen molar-refractivity contribution < 1.29 is 0 Å². The Kier molecular flexibility index (Phi) is 2.68. The van der Waals surface area contributed by atoms with Gasteiger partial charge >= 0.3 is 0 Å². The fourth-order valence-corrected chi connectivity index (χ4v) is 3.88. The predicted octanol–water partition coefficient (Wildman–Crippen LogP) is 3.85. The van der Waals surface area contributed by atoms with Crippen LogP contribution in [0.2, 0.25) is 0 Å². The minimum absolute atomic E-state index is 1.06. The molecule has 0 saturated heterocycles. The molecule has 2 aliphatic carbocycles. The van der Waals surface area contributed by atoms with Crippen molar-refractivity contribution in [2.24, 2.45) is 0 Å². The van der Waals surface area contributed by atoms with E-state index in [0.29, 0.717) is 0 Å². The Hall–Kier alpha value is -2.08. The van der Waals surface area contributed by atoms with E-state index < -0.39 is 0 Å². The van der Waals surface area contributed by atoms with Crippen molar-refractivity contribution in [3.8, 4) is 0 Å². The lowest BCUT2D eigenvalue weighted by molar-refractivity contribution is 1.13. The van der Waals surface area contributed by atoms with Crippen LogP contribution in [0.4, 0.5) is 0 Å². The first-order chi connectivity index (χ1) is 10.2. The molecule has 4 rings (SSSR count). The molecule has 0 unspecified atom stereocenters. The number of allylic oxidation sites excluding steroid dienone is 4.